The van der Waals surface area contributed by atoms with E-state index in [9.17, 15) is 4.79 Å². The van der Waals surface area contributed by atoms with E-state index in [-0.39, 0.29) is 5.91 Å². The van der Waals surface area contributed by atoms with E-state index in [0.29, 0.717) is 24.4 Å². The molecule has 2 fully saturated rings. The molecular weight excluding hydrogens is 340 g/mol. The van der Waals surface area contributed by atoms with Crippen molar-refractivity contribution in [1.82, 2.24) is 19.6 Å². The normalized spacial score (nSPS) is 23.3. The van der Waals surface area contributed by atoms with Gasteiger partial charge in [-0.1, -0.05) is 43.7 Å². The molecular formula is C21H28N4O2. The summed E-state index contributed by atoms with van der Waals surface area (Å²) in [6, 6.07) is 12.8. The summed E-state index contributed by atoms with van der Waals surface area (Å²) in [6.45, 7) is 6.14. The molecule has 2 atom stereocenters. The maximum Gasteiger partial charge on any atom is 0.274 e. The maximum absolute atomic E-state index is 13.1. The lowest BCUT2D eigenvalue weighted by atomic mass is 10.0. The number of benzene rings is 1. The first-order valence-corrected chi connectivity index (χ1v) is 9.89. The van der Waals surface area contributed by atoms with Crippen LogP contribution in [0.4, 0.5) is 0 Å². The molecule has 1 aromatic carbocycles. The summed E-state index contributed by atoms with van der Waals surface area (Å²) in [5.74, 6) is 0.0186. The molecule has 0 aliphatic carbocycles. The molecule has 2 saturated heterocycles. The number of aromatic nitrogens is 2. The summed E-state index contributed by atoms with van der Waals surface area (Å²) < 4.78 is 7.61. The zero-order chi connectivity index (χ0) is 18.8. The van der Waals surface area contributed by atoms with Gasteiger partial charge in [-0.2, -0.15) is 5.10 Å². The first kappa shape index (κ1) is 18.2. The SMILES string of the molecule is CCC[C@H]1COC[C@H]2CN(C(=O)c3cc(-c4ccccc4)n(C)n3)CCN12. The Balaban J connectivity index is 1.48. The fourth-order valence-electron chi connectivity index (χ4n) is 4.31. The number of ether oxygens (including phenoxy) is 1. The van der Waals surface area contributed by atoms with Gasteiger partial charge in [0, 0.05) is 32.7 Å². The molecule has 1 aromatic heterocycles. The topological polar surface area (TPSA) is 50.6 Å². The van der Waals surface area contributed by atoms with Crippen LogP contribution < -0.4 is 0 Å². The summed E-state index contributed by atoms with van der Waals surface area (Å²) in [7, 11) is 1.89. The second kappa shape index (κ2) is 7.82. The fourth-order valence-corrected chi connectivity index (χ4v) is 4.31. The molecule has 2 aliphatic heterocycles. The quantitative estimate of drug-likeness (QED) is 0.832. The van der Waals surface area contributed by atoms with Gasteiger partial charge < -0.3 is 9.64 Å². The lowest BCUT2D eigenvalue weighted by molar-refractivity contribution is -0.0777. The third kappa shape index (κ3) is 3.64. The van der Waals surface area contributed by atoms with E-state index in [0.717, 1.165) is 50.3 Å². The Hall–Kier alpha value is -2.18. The largest absolute Gasteiger partial charge is 0.378 e. The molecule has 0 bridgehead atoms. The Kier molecular flexibility index (Phi) is 5.27. The number of carbonyl (C=O) groups is 1. The highest BCUT2D eigenvalue weighted by molar-refractivity contribution is 5.93. The smallest absolute Gasteiger partial charge is 0.274 e. The minimum absolute atomic E-state index is 0.0186. The van der Waals surface area contributed by atoms with Gasteiger partial charge in [-0.15, -0.1) is 0 Å². The molecule has 3 heterocycles. The standard InChI is InChI=1S/C21H28N4O2/c1-3-7-17-14-27-15-18-13-24(10-11-25(17)18)21(26)19-12-20(23(2)22-19)16-8-5-4-6-9-16/h4-6,8-9,12,17-18H,3,7,10-11,13-15H2,1-2H3/t17-,18+/m0/s1. The van der Waals surface area contributed by atoms with E-state index in [1.165, 1.54) is 0 Å². The van der Waals surface area contributed by atoms with E-state index in [2.05, 4.69) is 16.9 Å². The number of nitrogens with zero attached hydrogens (tertiary/aromatic N) is 4. The van der Waals surface area contributed by atoms with Gasteiger partial charge in [-0.25, -0.2) is 0 Å². The number of hydrogen-bond acceptors (Lipinski definition) is 4. The monoisotopic (exact) mass is 368 g/mol. The summed E-state index contributed by atoms with van der Waals surface area (Å²) in [4.78, 5) is 17.6. The third-order valence-electron chi connectivity index (χ3n) is 5.70. The molecule has 2 aliphatic rings. The fraction of sp³-hybridized carbons (Fsp3) is 0.524. The average Bonchev–Trinajstić information content (AvgIpc) is 3.10. The van der Waals surface area contributed by atoms with Crippen molar-refractivity contribution in [3.05, 3.63) is 42.1 Å². The minimum Gasteiger partial charge on any atom is -0.378 e. The predicted molar refractivity (Wildman–Crippen MR) is 105 cm³/mol. The van der Waals surface area contributed by atoms with Crippen LogP contribution in [-0.2, 0) is 11.8 Å². The number of fused-ring (bicyclic) bond motifs is 1. The maximum atomic E-state index is 13.1. The van der Waals surface area contributed by atoms with Crippen LogP contribution in [0.5, 0.6) is 0 Å². The van der Waals surface area contributed by atoms with Gasteiger partial charge >= 0.3 is 0 Å². The molecule has 2 aromatic rings. The first-order chi connectivity index (χ1) is 13.2. The van der Waals surface area contributed by atoms with Crippen LogP contribution in [-0.4, -0.2) is 70.4 Å². The number of piperazine rings is 1. The second-order valence-electron chi connectivity index (χ2n) is 7.53. The van der Waals surface area contributed by atoms with Crippen molar-refractivity contribution < 1.29 is 9.53 Å². The molecule has 0 N–H and O–H groups in total. The van der Waals surface area contributed by atoms with Crippen LogP contribution in [0.15, 0.2) is 36.4 Å². The number of rotatable bonds is 4. The molecule has 6 heteroatoms. The first-order valence-electron chi connectivity index (χ1n) is 9.89. The Morgan fingerprint density at radius 2 is 2.04 bits per heavy atom. The van der Waals surface area contributed by atoms with Crippen molar-refractivity contribution in [1.29, 1.82) is 0 Å². The van der Waals surface area contributed by atoms with Crippen molar-refractivity contribution in [2.75, 3.05) is 32.8 Å². The van der Waals surface area contributed by atoms with Gasteiger partial charge in [-0.05, 0) is 18.1 Å². The molecule has 0 radical (unpaired) electrons. The van der Waals surface area contributed by atoms with Crippen molar-refractivity contribution in [3.8, 4) is 11.3 Å². The summed E-state index contributed by atoms with van der Waals surface area (Å²) in [5.41, 5.74) is 2.55. The van der Waals surface area contributed by atoms with Crippen molar-refractivity contribution in [3.63, 3.8) is 0 Å². The van der Waals surface area contributed by atoms with E-state index in [4.69, 9.17) is 4.74 Å². The van der Waals surface area contributed by atoms with E-state index in [1.54, 1.807) is 4.68 Å². The number of amides is 1. The van der Waals surface area contributed by atoms with Crippen LogP contribution >= 0.6 is 0 Å². The van der Waals surface area contributed by atoms with E-state index in [1.807, 2.05) is 48.3 Å². The second-order valence-corrected chi connectivity index (χ2v) is 7.53. The van der Waals surface area contributed by atoms with Crippen LogP contribution in [0.1, 0.15) is 30.3 Å². The highest BCUT2D eigenvalue weighted by Gasteiger charge is 2.37. The van der Waals surface area contributed by atoms with Crippen LogP contribution in [0.25, 0.3) is 11.3 Å². The predicted octanol–water partition coefficient (Wildman–Crippen LogP) is 2.41. The van der Waals surface area contributed by atoms with Gasteiger partial charge in [0.05, 0.1) is 24.9 Å². The molecule has 0 spiro atoms. The van der Waals surface area contributed by atoms with Gasteiger partial charge in [-0.3, -0.25) is 14.4 Å². The Morgan fingerprint density at radius 3 is 2.81 bits per heavy atom. The molecule has 144 valence electrons. The van der Waals surface area contributed by atoms with Gasteiger partial charge in [0.15, 0.2) is 5.69 Å². The van der Waals surface area contributed by atoms with E-state index >= 15 is 0 Å². The highest BCUT2D eigenvalue weighted by atomic mass is 16.5. The third-order valence-corrected chi connectivity index (χ3v) is 5.70. The zero-order valence-corrected chi connectivity index (χ0v) is 16.2. The molecule has 4 rings (SSSR count). The van der Waals surface area contributed by atoms with Crippen molar-refractivity contribution in [2.24, 2.45) is 7.05 Å². The number of aryl methyl sites for hydroxylation is 1. The van der Waals surface area contributed by atoms with Gasteiger partial charge in [0.25, 0.3) is 5.91 Å². The lowest BCUT2D eigenvalue weighted by Crippen LogP contribution is -2.62. The molecule has 1 amide bonds. The van der Waals surface area contributed by atoms with Crippen LogP contribution in [0.3, 0.4) is 0 Å². The lowest BCUT2D eigenvalue weighted by Gasteiger charge is -2.47. The number of hydrogen-bond donors (Lipinski definition) is 0. The van der Waals surface area contributed by atoms with Crippen molar-refractivity contribution in [2.45, 2.75) is 31.8 Å². The number of morpholine rings is 1. The zero-order valence-electron chi connectivity index (χ0n) is 16.2. The highest BCUT2D eigenvalue weighted by Crippen LogP contribution is 2.24. The van der Waals surface area contributed by atoms with E-state index < -0.39 is 0 Å². The summed E-state index contributed by atoms with van der Waals surface area (Å²) in [6.07, 6.45) is 2.32. The Labute approximate surface area is 160 Å². The average molecular weight is 368 g/mol. The molecule has 0 saturated carbocycles. The minimum atomic E-state index is 0.0186. The summed E-state index contributed by atoms with van der Waals surface area (Å²) in [5, 5.41) is 4.49. The van der Waals surface area contributed by atoms with Gasteiger partial charge in [0.1, 0.15) is 0 Å². The Morgan fingerprint density at radius 1 is 1.22 bits per heavy atom. The molecule has 0 unspecified atom stereocenters. The van der Waals surface area contributed by atoms with Crippen LogP contribution in [0, 0.1) is 0 Å². The van der Waals surface area contributed by atoms with Gasteiger partial charge in [0.2, 0.25) is 0 Å². The Bertz CT molecular complexity index is 787. The van der Waals surface area contributed by atoms with Crippen molar-refractivity contribution >= 4 is 5.91 Å². The number of carbonyl (C=O) groups excluding carboxylic acids is 1. The molecule has 27 heavy (non-hydrogen) atoms. The van der Waals surface area contributed by atoms with Crippen LogP contribution in [0.2, 0.25) is 0 Å². The molecule has 6 nitrogen and oxygen atoms in total. The summed E-state index contributed by atoms with van der Waals surface area (Å²) >= 11 is 0.